The minimum absolute atomic E-state index is 0.108. The van der Waals surface area contributed by atoms with Crippen molar-refractivity contribution in [3.05, 3.63) is 21.9 Å². The Kier molecular flexibility index (Phi) is 6.22. The highest BCUT2D eigenvalue weighted by atomic mass is 32.1. The van der Waals surface area contributed by atoms with Crippen LogP contribution in [0.2, 0.25) is 0 Å². The number of hydrogen-bond donors (Lipinski definition) is 2. The number of carbonyl (C=O) groups excluding carboxylic acids is 2. The number of hydrogen-bond acceptors (Lipinski definition) is 4. The molecule has 0 radical (unpaired) electrons. The molecule has 0 aliphatic carbocycles. The van der Waals surface area contributed by atoms with Crippen LogP contribution in [0.4, 0.5) is 13.2 Å². The molecule has 24 heavy (non-hydrogen) atoms. The molecule has 5 nitrogen and oxygen atoms in total. The fraction of sp³-hybridized carbons (Fsp3) is 0.600. The largest absolute Gasteiger partial charge is 0.401 e. The molecule has 0 aromatic carbocycles. The zero-order valence-corrected chi connectivity index (χ0v) is 14.1. The Morgan fingerprint density at radius 1 is 1.29 bits per heavy atom. The van der Waals surface area contributed by atoms with E-state index in [1.807, 2.05) is 0 Å². The van der Waals surface area contributed by atoms with E-state index in [9.17, 15) is 22.8 Å². The molecular weight excluding hydrogens is 343 g/mol. The predicted molar refractivity (Wildman–Crippen MR) is 84.8 cm³/mol. The Bertz CT molecular complexity index is 581. The first-order valence-electron chi connectivity index (χ1n) is 7.66. The molecule has 2 heterocycles. The molecule has 134 valence electrons. The minimum atomic E-state index is -4.18. The van der Waals surface area contributed by atoms with Crippen LogP contribution in [0.3, 0.4) is 0 Å². The summed E-state index contributed by atoms with van der Waals surface area (Å²) in [5, 5.41) is 5.53. The molecule has 1 saturated heterocycles. The number of rotatable bonds is 5. The molecular formula is C15H20F3N3O2S. The van der Waals surface area contributed by atoms with E-state index in [1.165, 1.54) is 23.2 Å². The van der Waals surface area contributed by atoms with Crippen LogP contribution in [0.5, 0.6) is 0 Å². The van der Waals surface area contributed by atoms with Gasteiger partial charge >= 0.3 is 6.18 Å². The Hall–Kier alpha value is -1.61. The van der Waals surface area contributed by atoms with Crippen LogP contribution in [0.1, 0.15) is 34.3 Å². The van der Waals surface area contributed by atoms with Crippen molar-refractivity contribution in [1.82, 2.24) is 15.5 Å². The van der Waals surface area contributed by atoms with Crippen molar-refractivity contribution in [2.75, 3.05) is 19.6 Å². The molecule has 0 bridgehead atoms. The Morgan fingerprint density at radius 3 is 2.54 bits per heavy atom. The van der Waals surface area contributed by atoms with Gasteiger partial charge in [-0.3, -0.25) is 14.5 Å². The molecule has 2 amide bonds. The number of nitrogens with one attached hydrogen (secondary N) is 2. The summed E-state index contributed by atoms with van der Waals surface area (Å²) < 4.78 is 37.0. The number of carbonyl (C=O) groups is 2. The average Bonchev–Trinajstić information content (AvgIpc) is 2.95. The van der Waals surface area contributed by atoms with Gasteiger partial charge in [0.05, 0.1) is 18.0 Å². The maximum atomic E-state index is 12.3. The van der Waals surface area contributed by atoms with Crippen LogP contribution >= 0.6 is 11.3 Å². The third-order valence-corrected chi connectivity index (χ3v) is 4.81. The van der Waals surface area contributed by atoms with Gasteiger partial charge in [-0.2, -0.15) is 13.2 Å². The smallest absolute Gasteiger partial charge is 0.351 e. The normalized spacial score (nSPS) is 16.8. The number of amides is 2. The molecule has 9 heteroatoms. The Morgan fingerprint density at radius 2 is 1.96 bits per heavy atom. The highest BCUT2D eigenvalue weighted by Crippen LogP contribution is 2.21. The maximum absolute atomic E-state index is 12.3. The van der Waals surface area contributed by atoms with Gasteiger partial charge in [0.1, 0.15) is 0 Å². The van der Waals surface area contributed by atoms with Crippen LogP contribution in [-0.4, -0.2) is 48.6 Å². The predicted octanol–water partition coefficient (Wildman–Crippen LogP) is 2.14. The SMILES string of the molecule is CC(=O)NCc1ccc(C(=O)NC2CCN(CC(F)(F)F)CC2)s1. The summed E-state index contributed by atoms with van der Waals surface area (Å²) in [5.74, 6) is -0.358. The maximum Gasteiger partial charge on any atom is 0.401 e. The molecule has 0 unspecified atom stereocenters. The average molecular weight is 363 g/mol. The van der Waals surface area contributed by atoms with Crippen molar-refractivity contribution < 1.29 is 22.8 Å². The van der Waals surface area contributed by atoms with Crippen LogP contribution in [0.15, 0.2) is 12.1 Å². The first-order valence-corrected chi connectivity index (χ1v) is 8.48. The fourth-order valence-electron chi connectivity index (χ4n) is 2.55. The number of likely N-dealkylation sites (tertiary alicyclic amines) is 1. The zero-order valence-electron chi connectivity index (χ0n) is 13.3. The second-order valence-corrected chi connectivity index (χ2v) is 6.98. The first kappa shape index (κ1) is 18.7. The van der Waals surface area contributed by atoms with Crippen LogP contribution < -0.4 is 10.6 Å². The lowest BCUT2D eigenvalue weighted by Gasteiger charge is -2.32. The van der Waals surface area contributed by atoms with E-state index in [4.69, 9.17) is 0 Å². The summed E-state index contributed by atoms with van der Waals surface area (Å²) in [5.41, 5.74) is 0. The lowest BCUT2D eigenvalue weighted by Crippen LogP contribution is -2.46. The van der Waals surface area contributed by atoms with Gasteiger partial charge in [0, 0.05) is 30.9 Å². The van der Waals surface area contributed by atoms with Crippen molar-refractivity contribution in [2.24, 2.45) is 0 Å². The number of alkyl halides is 3. The lowest BCUT2D eigenvalue weighted by molar-refractivity contribution is -0.148. The van der Waals surface area contributed by atoms with Gasteiger partial charge in [0.2, 0.25) is 5.91 Å². The summed E-state index contributed by atoms with van der Waals surface area (Å²) in [6.45, 7) is 1.55. The third-order valence-electron chi connectivity index (χ3n) is 3.72. The Labute approximate surface area is 142 Å². The third kappa shape index (κ3) is 6.12. The van der Waals surface area contributed by atoms with E-state index in [0.29, 0.717) is 37.4 Å². The molecule has 1 aliphatic rings. The van der Waals surface area contributed by atoms with E-state index in [0.717, 1.165) is 4.88 Å². The van der Waals surface area contributed by atoms with E-state index in [1.54, 1.807) is 12.1 Å². The number of thiophene rings is 1. The zero-order chi connectivity index (χ0) is 17.7. The van der Waals surface area contributed by atoms with Gasteiger partial charge < -0.3 is 10.6 Å². The first-order chi connectivity index (χ1) is 11.2. The summed E-state index contributed by atoms with van der Waals surface area (Å²) in [7, 11) is 0. The standard InChI is InChI=1S/C15H20F3N3O2S/c1-10(22)19-8-12-2-3-13(24-12)14(23)20-11-4-6-21(7-5-11)9-15(16,17)18/h2-3,11H,4-9H2,1H3,(H,19,22)(H,20,23). The second kappa shape index (κ2) is 7.98. The number of nitrogens with zero attached hydrogens (tertiary/aromatic N) is 1. The van der Waals surface area contributed by atoms with Gasteiger partial charge in [-0.15, -0.1) is 11.3 Å². The highest BCUT2D eigenvalue weighted by Gasteiger charge is 2.32. The monoisotopic (exact) mass is 363 g/mol. The Balaban J connectivity index is 1.78. The molecule has 1 fully saturated rings. The van der Waals surface area contributed by atoms with Gasteiger partial charge in [0.15, 0.2) is 0 Å². The van der Waals surface area contributed by atoms with Gasteiger partial charge in [-0.05, 0) is 25.0 Å². The number of piperidine rings is 1. The van der Waals surface area contributed by atoms with E-state index in [-0.39, 0.29) is 17.9 Å². The van der Waals surface area contributed by atoms with Crippen molar-refractivity contribution in [3.63, 3.8) is 0 Å². The molecule has 0 saturated carbocycles. The van der Waals surface area contributed by atoms with Crippen molar-refractivity contribution in [1.29, 1.82) is 0 Å². The summed E-state index contributed by atoms with van der Waals surface area (Å²) in [6, 6.07) is 3.36. The highest BCUT2D eigenvalue weighted by molar-refractivity contribution is 7.14. The van der Waals surface area contributed by atoms with Crippen molar-refractivity contribution in [2.45, 2.75) is 38.5 Å². The van der Waals surface area contributed by atoms with Crippen LogP contribution in [-0.2, 0) is 11.3 Å². The molecule has 2 N–H and O–H groups in total. The fourth-order valence-corrected chi connectivity index (χ4v) is 3.40. The van der Waals surface area contributed by atoms with Crippen molar-refractivity contribution in [3.8, 4) is 0 Å². The second-order valence-electron chi connectivity index (χ2n) is 5.81. The molecule has 0 spiro atoms. The summed E-state index contributed by atoms with van der Waals surface area (Å²) in [6.07, 6.45) is -3.17. The van der Waals surface area contributed by atoms with Gasteiger partial charge in [-0.1, -0.05) is 0 Å². The van der Waals surface area contributed by atoms with E-state index >= 15 is 0 Å². The van der Waals surface area contributed by atoms with Crippen LogP contribution in [0, 0.1) is 0 Å². The molecule has 1 aromatic heterocycles. The van der Waals surface area contributed by atoms with Gasteiger partial charge in [-0.25, -0.2) is 0 Å². The molecule has 1 aliphatic heterocycles. The summed E-state index contributed by atoms with van der Waals surface area (Å²) in [4.78, 5) is 25.8. The van der Waals surface area contributed by atoms with Crippen molar-refractivity contribution >= 4 is 23.2 Å². The van der Waals surface area contributed by atoms with E-state index in [2.05, 4.69) is 10.6 Å². The molecule has 1 aromatic rings. The molecule has 0 atom stereocenters. The minimum Gasteiger partial charge on any atom is -0.351 e. The number of halogens is 3. The lowest BCUT2D eigenvalue weighted by atomic mass is 10.0. The quantitative estimate of drug-likeness (QED) is 0.843. The topological polar surface area (TPSA) is 61.4 Å². The van der Waals surface area contributed by atoms with Crippen LogP contribution in [0.25, 0.3) is 0 Å². The summed E-state index contributed by atoms with van der Waals surface area (Å²) >= 11 is 1.29. The van der Waals surface area contributed by atoms with Gasteiger partial charge in [0.25, 0.3) is 5.91 Å². The van der Waals surface area contributed by atoms with E-state index < -0.39 is 12.7 Å². The molecule has 2 rings (SSSR count).